The molecule has 0 bridgehead atoms. The van der Waals surface area contributed by atoms with Gasteiger partial charge in [-0.05, 0) is 36.8 Å². The molecule has 1 rings (SSSR count). The van der Waals surface area contributed by atoms with Crippen LogP contribution in [0.15, 0.2) is 30.3 Å². The van der Waals surface area contributed by atoms with Gasteiger partial charge in [-0.25, -0.2) is 0 Å². The van der Waals surface area contributed by atoms with Gasteiger partial charge in [0, 0.05) is 6.04 Å². The van der Waals surface area contributed by atoms with E-state index in [1.165, 1.54) is 5.56 Å². The highest BCUT2D eigenvalue weighted by atomic mass is 32.2. The second-order valence-corrected chi connectivity index (χ2v) is 5.68. The van der Waals surface area contributed by atoms with Crippen LogP contribution < -0.4 is 11.1 Å². The minimum atomic E-state index is -0.391. The Balaban J connectivity index is 2.45. The average Bonchev–Trinajstić information content (AvgIpc) is 2.44. The summed E-state index contributed by atoms with van der Waals surface area (Å²) in [6.45, 7) is 2.08. The molecular weight excluding hydrogens is 256 g/mol. The second kappa shape index (κ2) is 8.99. The Morgan fingerprint density at radius 1 is 1.37 bits per heavy atom. The van der Waals surface area contributed by atoms with Crippen molar-refractivity contribution in [2.24, 2.45) is 5.73 Å². The van der Waals surface area contributed by atoms with Gasteiger partial charge in [-0.3, -0.25) is 4.79 Å². The van der Waals surface area contributed by atoms with E-state index in [-0.39, 0.29) is 11.9 Å². The number of carbonyl (C=O) groups is 1. The fourth-order valence-corrected chi connectivity index (χ4v) is 2.37. The van der Waals surface area contributed by atoms with Crippen LogP contribution in [0.2, 0.25) is 0 Å². The summed E-state index contributed by atoms with van der Waals surface area (Å²) >= 11 is 1.71. The molecule has 0 spiro atoms. The van der Waals surface area contributed by atoms with Crippen LogP contribution in [-0.4, -0.2) is 30.0 Å². The zero-order valence-corrected chi connectivity index (χ0v) is 12.6. The van der Waals surface area contributed by atoms with Crippen LogP contribution in [0.5, 0.6) is 0 Å². The highest BCUT2D eigenvalue weighted by Gasteiger charge is 2.16. The summed E-state index contributed by atoms with van der Waals surface area (Å²) < 4.78 is 0. The summed E-state index contributed by atoms with van der Waals surface area (Å²) in [4.78, 5) is 12.0. The standard InChI is InChI=1S/C15H24N2OS/c1-3-13(11-12-7-5-4-6-8-12)17-15(18)14(16)9-10-19-2/h4-8,13-14H,3,9-11,16H2,1-2H3,(H,17,18)/t13?,14-/m0/s1. The number of carbonyl (C=O) groups excluding carboxylic acids is 1. The predicted molar refractivity (Wildman–Crippen MR) is 83.3 cm³/mol. The first-order chi connectivity index (χ1) is 9.17. The molecule has 0 saturated heterocycles. The van der Waals surface area contributed by atoms with Crippen molar-refractivity contribution in [3.63, 3.8) is 0 Å². The van der Waals surface area contributed by atoms with Crippen LogP contribution in [0, 0.1) is 0 Å². The molecule has 3 nitrogen and oxygen atoms in total. The molecule has 1 aromatic rings. The van der Waals surface area contributed by atoms with Crippen LogP contribution >= 0.6 is 11.8 Å². The van der Waals surface area contributed by atoms with Gasteiger partial charge in [-0.2, -0.15) is 11.8 Å². The summed E-state index contributed by atoms with van der Waals surface area (Å²) in [5.74, 6) is 0.890. The molecule has 2 atom stereocenters. The highest BCUT2D eigenvalue weighted by Crippen LogP contribution is 2.06. The molecular formula is C15H24N2OS. The molecule has 0 fully saturated rings. The van der Waals surface area contributed by atoms with Gasteiger partial charge in [0.05, 0.1) is 6.04 Å². The quantitative estimate of drug-likeness (QED) is 0.767. The van der Waals surface area contributed by atoms with Gasteiger partial charge in [0.1, 0.15) is 0 Å². The topological polar surface area (TPSA) is 55.1 Å². The smallest absolute Gasteiger partial charge is 0.237 e. The Kier molecular flexibility index (Phi) is 7.60. The predicted octanol–water partition coefficient (Wildman–Crippen LogP) is 2.20. The van der Waals surface area contributed by atoms with E-state index >= 15 is 0 Å². The van der Waals surface area contributed by atoms with E-state index in [2.05, 4.69) is 24.4 Å². The number of thioether (sulfide) groups is 1. The molecule has 0 aliphatic rings. The van der Waals surface area contributed by atoms with Crippen LogP contribution in [0.25, 0.3) is 0 Å². The number of benzene rings is 1. The molecule has 106 valence electrons. The Bertz CT molecular complexity index is 370. The first-order valence-electron chi connectivity index (χ1n) is 6.76. The van der Waals surface area contributed by atoms with Gasteiger partial charge in [0.2, 0.25) is 5.91 Å². The lowest BCUT2D eigenvalue weighted by Gasteiger charge is -2.20. The van der Waals surface area contributed by atoms with Crippen LogP contribution in [0.4, 0.5) is 0 Å². The molecule has 19 heavy (non-hydrogen) atoms. The van der Waals surface area contributed by atoms with Gasteiger partial charge in [0.15, 0.2) is 0 Å². The van der Waals surface area contributed by atoms with E-state index in [0.29, 0.717) is 0 Å². The van der Waals surface area contributed by atoms with E-state index in [9.17, 15) is 4.79 Å². The molecule has 1 unspecified atom stereocenters. The zero-order valence-electron chi connectivity index (χ0n) is 11.8. The maximum atomic E-state index is 12.0. The summed E-state index contributed by atoms with van der Waals surface area (Å²) in [6, 6.07) is 9.99. The molecule has 0 saturated carbocycles. The molecule has 1 aromatic carbocycles. The van der Waals surface area contributed by atoms with E-state index in [0.717, 1.165) is 25.0 Å². The van der Waals surface area contributed by atoms with E-state index in [4.69, 9.17) is 5.73 Å². The molecule has 0 aliphatic carbocycles. The SMILES string of the molecule is CCC(Cc1ccccc1)NC(=O)[C@@H](N)CCSC. The Morgan fingerprint density at radius 2 is 2.05 bits per heavy atom. The first-order valence-corrected chi connectivity index (χ1v) is 8.15. The maximum absolute atomic E-state index is 12.0. The van der Waals surface area contributed by atoms with Crippen LogP contribution in [-0.2, 0) is 11.2 Å². The second-order valence-electron chi connectivity index (χ2n) is 4.69. The number of rotatable bonds is 8. The van der Waals surface area contributed by atoms with Gasteiger partial charge in [-0.15, -0.1) is 0 Å². The summed E-state index contributed by atoms with van der Waals surface area (Å²) in [6.07, 6.45) is 4.53. The summed E-state index contributed by atoms with van der Waals surface area (Å²) in [5.41, 5.74) is 7.12. The highest BCUT2D eigenvalue weighted by molar-refractivity contribution is 7.98. The molecule has 1 amide bonds. The molecule has 0 radical (unpaired) electrons. The number of hydrogen-bond donors (Lipinski definition) is 2. The zero-order chi connectivity index (χ0) is 14.1. The number of nitrogens with two attached hydrogens (primary N) is 1. The minimum absolute atomic E-state index is 0.0307. The Labute approximate surface area is 120 Å². The van der Waals surface area contributed by atoms with Gasteiger partial charge < -0.3 is 11.1 Å². The van der Waals surface area contributed by atoms with Crippen molar-refractivity contribution in [2.75, 3.05) is 12.0 Å². The molecule has 4 heteroatoms. The number of hydrogen-bond acceptors (Lipinski definition) is 3. The molecule has 0 aliphatic heterocycles. The van der Waals surface area contributed by atoms with Crippen molar-refractivity contribution in [3.05, 3.63) is 35.9 Å². The summed E-state index contributed by atoms with van der Waals surface area (Å²) in [5, 5.41) is 3.05. The third kappa shape index (κ3) is 6.12. The van der Waals surface area contributed by atoms with E-state index < -0.39 is 6.04 Å². The lowest BCUT2D eigenvalue weighted by atomic mass is 10.0. The monoisotopic (exact) mass is 280 g/mol. The average molecular weight is 280 g/mol. The van der Waals surface area contributed by atoms with Crippen LogP contribution in [0.1, 0.15) is 25.3 Å². The lowest BCUT2D eigenvalue weighted by Crippen LogP contribution is -2.46. The van der Waals surface area contributed by atoms with Crippen molar-refractivity contribution in [1.82, 2.24) is 5.32 Å². The van der Waals surface area contributed by atoms with Crippen molar-refractivity contribution in [2.45, 2.75) is 38.3 Å². The van der Waals surface area contributed by atoms with E-state index in [1.54, 1.807) is 11.8 Å². The molecule has 0 heterocycles. The van der Waals surface area contributed by atoms with Gasteiger partial charge in [-0.1, -0.05) is 37.3 Å². The van der Waals surface area contributed by atoms with Crippen molar-refractivity contribution >= 4 is 17.7 Å². The fourth-order valence-electron chi connectivity index (χ4n) is 1.88. The van der Waals surface area contributed by atoms with E-state index in [1.807, 2.05) is 24.5 Å². The number of nitrogens with one attached hydrogen (secondary N) is 1. The fraction of sp³-hybridized carbons (Fsp3) is 0.533. The lowest BCUT2D eigenvalue weighted by molar-refractivity contribution is -0.123. The third-order valence-electron chi connectivity index (χ3n) is 3.13. The van der Waals surface area contributed by atoms with Gasteiger partial charge >= 0.3 is 0 Å². The number of amides is 1. The van der Waals surface area contributed by atoms with Crippen molar-refractivity contribution < 1.29 is 4.79 Å². The van der Waals surface area contributed by atoms with Gasteiger partial charge in [0.25, 0.3) is 0 Å². The van der Waals surface area contributed by atoms with Crippen molar-refractivity contribution in [1.29, 1.82) is 0 Å². The first kappa shape index (κ1) is 16.1. The molecule has 3 N–H and O–H groups in total. The van der Waals surface area contributed by atoms with Crippen LogP contribution in [0.3, 0.4) is 0 Å². The Hall–Kier alpha value is -1.000. The Morgan fingerprint density at radius 3 is 2.63 bits per heavy atom. The molecule has 0 aromatic heterocycles. The largest absolute Gasteiger partial charge is 0.352 e. The minimum Gasteiger partial charge on any atom is -0.352 e. The van der Waals surface area contributed by atoms with Crippen molar-refractivity contribution in [3.8, 4) is 0 Å². The third-order valence-corrected chi connectivity index (χ3v) is 3.78. The summed E-state index contributed by atoms with van der Waals surface area (Å²) in [7, 11) is 0. The maximum Gasteiger partial charge on any atom is 0.237 e. The normalized spacial score (nSPS) is 13.8.